The maximum atomic E-state index is 12.2. The first-order valence-corrected chi connectivity index (χ1v) is 8.45. The summed E-state index contributed by atoms with van der Waals surface area (Å²) in [5, 5.41) is 6.33. The molecule has 132 valence electrons. The molecule has 0 radical (unpaired) electrons. The van der Waals surface area contributed by atoms with Crippen molar-refractivity contribution in [1.82, 2.24) is 0 Å². The van der Waals surface area contributed by atoms with E-state index in [1.54, 1.807) is 54.6 Å². The van der Waals surface area contributed by atoms with Crippen LogP contribution in [0.5, 0.6) is 0 Å². The molecule has 0 aliphatic heterocycles. The van der Waals surface area contributed by atoms with Crippen LogP contribution in [0.15, 0.2) is 65.3 Å². The fraction of sp³-hybridized carbons (Fsp3) is 0.0526. The molecule has 7 heteroatoms. The molecule has 0 saturated heterocycles. The van der Waals surface area contributed by atoms with Gasteiger partial charge in [0, 0.05) is 11.4 Å². The zero-order valence-electron chi connectivity index (χ0n) is 13.5. The number of carbonyl (C=O) groups excluding carboxylic acids is 2. The van der Waals surface area contributed by atoms with Crippen LogP contribution in [0.2, 0.25) is 10.0 Å². The third-order valence-corrected chi connectivity index (χ3v) is 4.24. The molecule has 26 heavy (non-hydrogen) atoms. The molecule has 2 amide bonds. The summed E-state index contributed by atoms with van der Waals surface area (Å²) in [5.74, 6) is -0.369. The number of benzene rings is 2. The molecule has 0 aliphatic carbocycles. The van der Waals surface area contributed by atoms with E-state index in [4.69, 9.17) is 27.6 Å². The highest BCUT2D eigenvalue weighted by molar-refractivity contribution is 6.42. The lowest BCUT2D eigenvalue weighted by Gasteiger charge is -2.09. The van der Waals surface area contributed by atoms with Gasteiger partial charge >= 0.3 is 0 Å². The second kappa shape index (κ2) is 8.08. The maximum Gasteiger partial charge on any atom is 0.291 e. The lowest BCUT2D eigenvalue weighted by Crippen LogP contribution is -2.15. The van der Waals surface area contributed by atoms with Crippen LogP contribution in [0.25, 0.3) is 0 Å². The van der Waals surface area contributed by atoms with E-state index >= 15 is 0 Å². The number of furan rings is 1. The normalized spacial score (nSPS) is 10.4. The van der Waals surface area contributed by atoms with E-state index in [1.807, 2.05) is 0 Å². The summed E-state index contributed by atoms with van der Waals surface area (Å²) in [7, 11) is 0. The summed E-state index contributed by atoms with van der Waals surface area (Å²) in [5.41, 5.74) is 1.85. The molecule has 5 nitrogen and oxygen atoms in total. The van der Waals surface area contributed by atoms with Crippen molar-refractivity contribution in [1.29, 1.82) is 0 Å². The summed E-state index contributed by atoms with van der Waals surface area (Å²) < 4.78 is 5.04. The zero-order valence-corrected chi connectivity index (χ0v) is 15.0. The quantitative estimate of drug-likeness (QED) is 0.644. The molecule has 0 unspecified atom stereocenters. The Bertz CT molecular complexity index is 940. The van der Waals surface area contributed by atoms with E-state index in [1.165, 1.54) is 6.26 Å². The smallest absolute Gasteiger partial charge is 0.291 e. The summed E-state index contributed by atoms with van der Waals surface area (Å²) >= 11 is 11.8. The first-order chi connectivity index (χ1) is 12.5. The second-order valence-corrected chi connectivity index (χ2v) is 6.30. The Balaban J connectivity index is 1.63. The van der Waals surface area contributed by atoms with E-state index in [-0.39, 0.29) is 24.0 Å². The van der Waals surface area contributed by atoms with Gasteiger partial charge in [0.05, 0.1) is 22.7 Å². The monoisotopic (exact) mass is 388 g/mol. The molecule has 2 aromatic carbocycles. The van der Waals surface area contributed by atoms with Crippen molar-refractivity contribution in [3.63, 3.8) is 0 Å². The van der Waals surface area contributed by atoms with Crippen molar-refractivity contribution in [2.24, 2.45) is 0 Å². The SMILES string of the molecule is O=C(Cc1ccc(Cl)c(Cl)c1)Nc1cccc(NC(=O)c2ccco2)c1. The molecule has 0 bridgehead atoms. The molecule has 0 fully saturated rings. The van der Waals surface area contributed by atoms with Crippen molar-refractivity contribution >= 4 is 46.4 Å². The van der Waals surface area contributed by atoms with Gasteiger partial charge in [-0.3, -0.25) is 9.59 Å². The van der Waals surface area contributed by atoms with Crippen LogP contribution in [-0.2, 0) is 11.2 Å². The fourth-order valence-corrected chi connectivity index (χ4v) is 2.64. The highest BCUT2D eigenvalue weighted by Crippen LogP contribution is 2.23. The van der Waals surface area contributed by atoms with Crippen LogP contribution >= 0.6 is 23.2 Å². The predicted octanol–water partition coefficient (Wildman–Crippen LogP) is 5.02. The molecule has 0 aliphatic rings. The minimum Gasteiger partial charge on any atom is -0.459 e. The first kappa shape index (κ1) is 18.0. The number of anilines is 2. The van der Waals surface area contributed by atoms with Crippen LogP contribution in [-0.4, -0.2) is 11.8 Å². The third kappa shape index (κ3) is 4.65. The molecule has 3 aromatic rings. The Morgan fingerprint density at radius 1 is 0.885 bits per heavy atom. The van der Waals surface area contributed by atoms with Crippen molar-refractivity contribution in [3.8, 4) is 0 Å². The van der Waals surface area contributed by atoms with Gasteiger partial charge < -0.3 is 15.1 Å². The van der Waals surface area contributed by atoms with E-state index in [0.29, 0.717) is 21.4 Å². The van der Waals surface area contributed by atoms with Gasteiger partial charge in [-0.05, 0) is 48.0 Å². The van der Waals surface area contributed by atoms with Gasteiger partial charge in [0.25, 0.3) is 5.91 Å². The van der Waals surface area contributed by atoms with Crippen LogP contribution < -0.4 is 10.6 Å². The second-order valence-electron chi connectivity index (χ2n) is 5.49. The minimum atomic E-state index is -0.366. The Kier molecular flexibility index (Phi) is 5.61. The third-order valence-electron chi connectivity index (χ3n) is 3.50. The maximum absolute atomic E-state index is 12.2. The molecule has 0 spiro atoms. The average Bonchev–Trinajstić information content (AvgIpc) is 3.13. The average molecular weight is 389 g/mol. The van der Waals surface area contributed by atoms with Crippen LogP contribution in [0.4, 0.5) is 11.4 Å². The molecular formula is C19H14Cl2N2O3. The standard InChI is InChI=1S/C19H14Cl2N2O3/c20-15-7-6-12(9-16(15)21)10-18(24)22-13-3-1-4-14(11-13)23-19(25)17-5-2-8-26-17/h1-9,11H,10H2,(H,22,24)(H,23,25). The summed E-state index contributed by atoms with van der Waals surface area (Å²) in [4.78, 5) is 24.2. The Morgan fingerprint density at radius 3 is 2.35 bits per heavy atom. The number of hydrogen-bond donors (Lipinski definition) is 2. The van der Waals surface area contributed by atoms with E-state index < -0.39 is 0 Å². The van der Waals surface area contributed by atoms with E-state index in [0.717, 1.165) is 5.56 Å². The zero-order chi connectivity index (χ0) is 18.5. The van der Waals surface area contributed by atoms with Gasteiger partial charge in [0.15, 0.2) is 5.76 Å². The number of halogens is 2. The molecule has 2 N–H and O–H groups in total. The Labute approximate surface area is 159 Å². The lowest BCUT2D eigenvalue weighted by molar-refractivity contribution is -0.115. The van der Waals surface area contributed by atoms with Crippen molar-refractivity contribution < 1.29 is 14.0 Å². The first-order valence-electron chi connectivity index (χ1n) is 7.70. The van der Waals surface area contributed by atoms with Gasteiger partial charge in [0.1, 0.15) is 0 Å². The van der Waals surface area contributed by atoms with E-state index in [9.17, 15) is 9.59 Å². The molecule has 0 atom stereocenters. The molecule has 0 saturated carbocycles. The summed E-state index contributed by atoms with van der Waals surface area (Å²) in [6.07, 6.45) is 1.58. The highest BCUT2D eigenvalue weighted by Gasteiger charge is 2.10. The number of rotatable bonds is 5. The summed E-state index contributed by atoms with van der Waals surface area (Å²) in [6, 6.07) is 15.1. The fourth-order valence-electron chi connectivity index (χ4n) is 2.32. The topological polar surface area (TPSA) is 71.3 Å². The van der Waals surface area contributed by atoms with Crippen molar-refractivity contribution in [2.75, 3.05) is 10.6 Å². The van der Waals surface area contributed by atoms with Crippen LogP contribution in [0.3, 0.4) is 0 Å². The predicted molar refractivity (Wildman–Crippen MR) is 102 cm³/mol. The molecule has 1 aromatic heterocycles. The van der Waals surface area contributed by atoms with Gasteiger partial charge in [-0.15, -0.1) is 0 Å². The van der Waals surface area contributed by atoms with Gasteiger partial charge in [-0.2, -0.15) is 0 Å². The van der Waals surface area contributed by atoms with Gasteiger partial charge in [-0.25, -0.2) is 0 Å². The number of amides is 2. The van der Waals surface area contributed by atoms with Gasteiger partial charge in [-0.1, -0.05) is 35.3 Å². The number of hydrogen-bond acceptors (Lipinski definition) is 3. The lowest BCUT2D eigenvalue weighted by atomic mass is 10.1. The Morgan fingerprint density at radius 2 is 1.65 bits per heavy atom. The van der Waals surface area contributed by atoms with Crippen molar-refractivity contribution in [3.05, 3.63) is 82.2 Å². The number of carbonyl (C=O) groups is 2. The number of nitrogens with one attached hydrogen (secondary N) is 2. The van der Waals surface area contributed by atoms with E-state index in [2.05, 4.69) is 10.6 Å². The van der Waals surface area contributed by atoms with Gasteiger partial charge in [0.2, 0.25) is 5.91 Å². The van der Waals surface area contributed by atoms with Crippen molar-refractivity contribution in [2.45, 2.75) is 6.42 Å². The molecule has 1 heterocycles. The summed E-state index contributed by atoms with van der Waals surface area (Å²) in [6.45, 7) is 0. The van der Waals surface area contributed by atoms with Crippen LogP contribution in [0.1, 0.15) is 16.1 Å². The molecule has 3 rings (SSSR count). The Hall–Kier alpha value is -2.76. The van der Waals surface area contributed by atoms with Crippen LogP contribution in [0, 0.1) is 0 Å². The minimum absolute atomic E-state index is 0.153. The highest BCUT2D eigenvalue weighted by atomic mass is 35.5. The molecular weight excluding hydrogens is 375 g/mol. The largest absolute Gasteiger partial charge is 0.459 e.